The van der Waals surface area contributed by atoms with E-state index in [9.17, 15) is 4.79 Å². The molecule has 0 fully saturated rings. The molecule has 0 spiro atoms. The number of nitrogens with zero attached hydrogens (tertiary/aromatic N) is 1. The zero-order valence-electron chi connectivity index (χ0n) is 12.5. The smallest absolute Gasteiger partial charge is 0.255 e. The Hall–Kier alpha value is -1.62. The van der Waals surface area contributed by atoms with E-state index < -0.39 is 5.54 Å². The molecule has 5 heteroatoms. The number of furan rings is 1. The second-order valence-corrected chi connectivity index (χ2v) is 6.55. The second kappa shape index (κ2) is 5.40. The lowest BCUT2D eigenvalue weighted by Gasteiger charge is -2.23. The summed E-state index contributed by atoms with van der Waals surface area (Å²) in [5.41, 5.74) is 1.12. The first-order valence-electron chi connectivity index (χ1n) is 6.68. The van der Waals surface area contributed by atoms with Gasteiger partial charge in [-0.2, -0.15) is 0 Å². The predicted octanol–water partition coefficient (Wildman–Crippen LogP) is 3.58. The fourth-order valence-corrected chi connectivity index (χ4v) is 2.93. The van der Waals surface area contributed by atoms with Gasteiger partial charge < -0.3 is 9.73 Å². The molecule has 0 aliphatic carbocycles. The van der Waals surface area contributed by atoms with Gasteiger partial charge in [0.15, 0.2) is 0 Å². The highest BCUT2D eigenvalue weighted by Gasteiger charge is 2.28. The molecule has 0 aliphatic rings. The molecular formula is C15H20N2O2S. The zero-order valence-corrected chi connectivity index (χ0v) is 13.4. The number of rotatable bonds is 4. The minimum absolute atomic E-state index is 0.119. The number of nitrogens with one attached hydrogen (secondary N) is 1. The van der Waals surface area contributed by atoms with Gasteiger partial charge in [0.2, 0.25) is 0 Å². The molecule has 0 atom stereocenters. The largest absolute Gasteiger partial charge is 0.469 e. The lowest BCUT2D eigenvalue weighted by atomic mass is 10.1. The van der Waals surface area contributed by atoms with Crippen LogP contribution in [0.4, 0.5) is 0 Å². The molecule has 0 aliphatic heterocycles. The lowest BCUT2D eigenvalue weighted by Crippen LogP contribution is -2.41. The van der Waals surface area contributed by atoms with Crippen molar-refractivity contribution in [3.63, 3.8) is 0 Å². The lowest BCUT2D eigenvalue weighted by molar-refractivity contribution is 0.0910. The molecule has 1 amide bonds. The Morgan fingerprint density at radius 1 is 1.45 bits per heavy atom. The van der Waals surface area contributed by atoms with Crippen molar-refractivity contribution < 1.29 is 9.21 Å². The van der Waals surface area contributed by atoms with Crippen LogP contribution >= 0.6 is 11.3 Å². The maximum atomic E-state index is 12.4. The third-order valence-electron chi connectivity index (χ3n) is 3.30. The van der Waals surface area contributed by atoms with Gasteiger partial charge in [-0.25, -0.2) is 4.98 Å². The standard InChI is InChI=1S/C15H20N2O2S/c1-6-12-11(7-8-19-12)13(18)17-15(4,5)14-16-9(2)10(3)20-14/h7-8H,6H2,1-5H3,(H,17,18). The van der Waals surface area contributed by atoms with Crippen molar-refractivity contribution >= 4 is 17.2 Å². The number of hydrogen-bond donors (Lipinski definition) is 1. The number of hydrogen-bond acceptors (Lipinski definition) is 4. The first kappa shape index (κ1) is 14.8. The Kier molecular flexibility index (Phi) is 3.99. The fraction of sp³-hybridized carbons (Fsp3) is 0.467. The number of aryl methyl sites for hydroxylation is 3. The first-order chi connectivity index (χ1) is 9.35. The van der Waals surface area contributed by atoms with E-state index in [1.54, 1.807) is 23.7 Å². The molecule has 0 aromatic carbocycles. The molecule has 0 bridgehead atoms. The Bertz CT molecular complexity index is 606. The Labute approximate surface area is 123 Å². The van der Waals surface area contributed by atoms with Gasteiger partial charge in [-0.05, 0) is 33.8 Å². The maximum absolute atomic E-state index is 12.4. The van der Waals surface area contributed by atoms with E-state index in [4.69, 9.17) is 4.42 Å². The number of carbonyl (C=O) groups excluding carboxylic acids is 1. The number of carbonyl (C=O) groups is 1. The van der Waals surface area contributed by atoms with Crippen molar-refractivity contribution in [1.82, 2.24) is 10.3 Å². The highest BCUT2D eigenvalue weighted by atomic mass is 32.1. The summed E-state index contributed by atoms with van der Waals surface area (Å²) >= 11 is 1.62. The molecule has 2 aromatic heterocycles. The van der Waals surface area contributed by atoms with Crippen molar-refractivity contribution in [3.8, 4) is 0 Å². The van der Waals surface area contributed by atoms with Crippen LogP contribution in [0.15, 0.2) is 16.7 Å². The predicted molar refractivity (Wildman–Crippen MR) is 80.2 cm³/mol. The summed E-state index contributed by atoms with van der Waals surface area (Å²) in [6.07, 6.45) is 2.25. The van der Waals surface area contributed by atoms with E-state index in [2.05, 4.69) is 10.3 Å². The van der Waals surface area contributed by atoms with Gasteiger partial charge in [0.05, 0.1) is 23.1 Å². The van der Waals surface area contributed by atoms with Gasteiger partial charge in [-0.1, -0.05) is 6.92 Å². The average Bonchev–Trinajstić information content (AvgIpc) is 2.96. The van der Waals surface area contributed by atoms with Crippen molar-refractivity contribution in [2.24, 2.45) is 0 Å². The Balaban J connectivity index is 2.21. The molecule has 0 unspecified atom stereocenters. The third-order valence-corrected chi connectivity index (χ3v) is 4.70. The summed E-state index contributed by atoms with van der Waals surface area (Å²) in [4.78, 5) is 18.1. The highest BCUT2D eigenvalue weighted by Crippen LogP contribution is 2.27. The molecular weight excluding hydrogens is 272 g/mol. The molecule has 4 nitrogen and oxygen atoms in total. The molecule has 2 rings (SSSR count). The highest BCUT2D eigenvalue weighted by molar-refractivity contribution is 7.11. The van der Waals surface area contributed by atoms with Gasteiger partial charge in [-0.15, -0.1) is 11.3 Å². The van der Waals surface area contributed by atoms with Crippen LogP contribution in [0, 0.1) is 13.8 Å². The van der Waals surface area contributed by atoms with Crippen molar-refractivity contribution in [1.29, 1.82) is 0 Å². The Morgan fingerprint density at radius 3 is 2.70 bits per heavy atom. The topological polar surface area (TPSA) is 55.1 Å². The van der Waals surface area contributed by atoms with Crippen LogP contribution in [0.1, 0.15) is 52.5 Å². The van der Waals surface area contributed by atoms with Gasteiger partial charge in [0, 0.05) is 11.3 Å². The summed E-state index contributed by atoms with van der Waals surface area (Å²) in [6, 6.07) is 1.71. The molecule has 20 heavy (non-hydrogen) atoms. The van der Waals surface area contributed by atoms with E-state index >= 15 is 0 Å². The number of aromatic nitrogens is 1. The van der Waals surface area contributed by atoms with E-state index in [1.807, 2.05) is 34.6 Å². The van der Waals surface area contributed by atoms with E-state index in [0.29, 0.717) is 17.7 Å². The molecule has 1 N–H and O–H groups in total. The van der Waals surface area contributed by atoms with Crippen LogP contribution in [0.5, 0.6) is 0 Å². The summed E-state index contributed by atoms with van der Waals surface area (Å²) in [5.74, 6) is 0.593. The van der Waals surface area contributed by atoms with Crippen LogP contribution in [0.3, 0.4) is 0 Å². The van der Waals surface area contributed by atoms with Crippen LogP contribution in [0.2, 0.25) is 0 Å². The molecule has 0 saturated carbocycles. The summed E-state index contributed by atoms with van der Waals surface area (Å²) < 4.78 is 5.30. The van der Waals surface area contributed by atoms with Crippen LogP contribution in [-0.2, 0) is 12.0 Å². The molecule has 2 aromatic rings. The first-order valence-corrected chi connectivity index (χ1v) is 7.50. The Morgan fingerprint density at radius 2 is 2.15 bits per heavy atom. The van der Waals surface area contributed by atoms with Crippen LogP contribution in [-0.4, -0.2) is 10.9 Å². The van der Waals surface area contributed by atoms with Gasteiger partial charge in [0.1, 0.15) is 10.8 Å². The SMILES string of the molecule is CCc1occc1C(=O)NC(C)(C)c1nc(C)c(C)s1. The van der Waals surface area contributed by atoms with Gasteiger partial charge in [0.25, 0.3) is 5.91 Å². The maximum Gasteiger partial charge on any atom is 0.255 e. The van der Waals surface area contributed by atoms with Crippen molar-refractivity contribution in [2.45, 2.75) is 46.6 Å². The second-order valence-electron chi connectivity index (χ2n) is 5.35. The van der Waals surface area contributed by atoms with E-state index in [0.717, 1.165) is 10.7 Å². The average molecular weight is 292 g/mol. The monoisotopic (exact) mass is 292 g/mol. The van der Waals surface area contributed by atoms with Crippen molar-refractivity contribution in [2.75, 3.05) is 0 Å². The summed E-state index contributed by atoms with van der Waals surface area (Å²) in [7, 11) is 0. The minimum atomic E-state index is -0.497. The van der Waals surface area contributed by atoms with Gasteiger partial charge >= 0.3 is 0 Å². The molecule has 2 heterocycles. The van der Waals surface area contributed by atoms with Crippen LogP contribution < -0.4 is 5.32 Å². The van der Waals surface area contributed by atoms with Crippen LogP contribution in [0.25, 0.3) is 0 Å². The number of amides is 1. The quantitative estimate of drug-likeness (QED) is 0.937. The zero-order chi connectivity index (χ0) is 14.9. The van der Waals surface area contributed by atoms with Gasteiger partial charge in [-0.3, -0.25) is 4.79 Å². The normalized spacial score (nSPS) is 11.7. The fourth-order valence-electron chi connectivity index (χ4n) is 1.96. The summed E-state index contributed by atoms with van der Waals surface area (Å²) in [6.45, 7) is 9.93. The molecule has 0 radical (unpaired) electrons. The molecule has 0 saturated heterocycles. The van der Waals surface area contributed by atoms with Crippen molar-refractivity contribution in [3.05, 3.63) is 39.2 Å². The minimum Gasteiger partial charge on any atom is -0.469 e. The number of thiazole rings is 1. The third kappa shape index (κ3) is 2.77. The molecule has 108 valence electrons. The van der Waals surface area contributed by atoms with E-state index in [-0.39, 0.29) is 5.91 Å². The summed E-state index contributed by atoms with van der Waals surface area (Å²) in [5, 5.41) is 3.96. The van der Waals surface area contributed by atoms with E-state index in [1.165, 1.54) is 4.88 Å².